The van der Waals surface area contributed by atoms with Crippen molar-refractivity contribution < 1.29 is 9.84 Å². The average molecular weight is 160 g/mol. The van der Waals surface area contributed by atoms with Gasteiger partial charge in [-0.2, -0.15) is 0 Å². The van der Waals surface area contributed by atoms with E-state index in [2.05, 4.69) is 0 Å². The highest BCUT2D eigenvalue weighted by Gasteiger charge is 2.27. The van der Waals surface area contributed by atoms with Crippen LogP contribution in [0.25, 0.3) is 0 Å². The normalized spacial score (nSPS) is 37.4. The van der Waals surface area contributed by atoms with Gasteiger partial charge in [0.05, 0.1) is 11.7 Å². The predicted octanol–water partition coefficient (Wildman–Crippen LogP) is 1.96. The fourth-order valence-electron chi connectivity index (χ4n) is 1.26. The molecule has 0 aromatic heterocycles. The fourth-order valence-corrected chi connectivity index (χ4v) is 1.26. The van der Waals surface area contributed by atoms with Crippen molar-refractivity contribution in [3.8, 4) is 0 Å². The molecular weight excluding hydrogens is 140 g/mol. The van der Waals surface area contributed by atoms with Crippen LogP contribution in [0.1, 0.15) is 40.5 Å². The molecule has 1 aliphatic rings. The van der Waals surface area contributed by atoms with Crippen LogP contribution in [-0.4, -0.2) is 23.4 Å². The zero-order valence-electron chi connectivity index (χ0n) is 8.05. The summed E-state index contributed by atoms with van der Waals surface area (Å²) in [7, 11) is 0. The van der Waals surface area contributed by atoms with Gasteiger partial charge in [0.1, 0.15) is 0 Å². The Bertz CT molecular complexity index is 99.7. The standard InChI is InChI=1S/C7H14O2.C2H6/c1-6-5-7(2,8)3-4-9-6;1-2/h6,8H,3-5H2,1-2H3;1-2H3. The van der Waals surface area contributed by atoms with Gasteiger partial charge in [-0.05, 0) is 20.3 Å². The first-order valence-electron chi connectivity index (χ1n) is 4.44. The van der Waals surface area contributed by atoms with Crippen molar-refractivity contribution in [3.05, 3.63) is 0 Å². The number of aliphatic hydroxyl groups is 1. The first-order valence-corrected chi connectivity index (χ1v) is 4.44. The Morgan fingerprint density at radius 1 is 1.45 bits per heavy atom. The van der Waals surface area contributed by atoms with E-state index in [4.69, 9.17) is 4.74 Å². The molecule has 1 fully saturated rings. The highest BCUT2D eigenvalue weighted by atomic mass is 16.5. The molecule has 1 saturated heterocycles. The summed E-state index contributed by atoms with van der Waals surface area (Å²) in [6, 6.07) is 0. The van der Waals surface area contributed by atoms with Crippen LogP contribution in [0.3, 0.4) is 0 Å². The second-order valence-electron chi connectivity index (χ2n) is 3.13. The molecule has 0 radical (unpaired) electrons. The number of rotatable bonds is 0. The maximum atomic E-state index is 9.46. The van der Waals surface area contributed by atoms with Gasteiger partial charge in [-0.3, -0.25) is 0 Å². The topological polar surface area (TPSA) is 29.5 Å². The summed E-state index contributed by atoms with van der Waals surface area (Å²) in [4.78, 5) is 0. The third-order valence-electron chi connectivity index (χ3n) is 1.77. The molecule has 0 aliphatic carbocycles. The van der Waals surface area contributed by atoms with Crippen LogP contribution >= 0.6 is 0 Å². The molecule has 2 unspecified atom stereocenters. The molecule has 0 aromatic carbocycles. The maximum Gasteiger partial charge on any atom is 0.0666 e. The van der Waals surface area contributed by atoms with Crippen LogP contribution in [0.15, 0.2) is 0 Å². The summed E-state index contributed by atoms with van der Waals surface area (Å²) in [5, 5.41) is 9.46. The summed E-state index contributed by atoms with van der Waals surface area (Å²) in [6.45, 7) is 8.56. The first kappa shape index (κ1) is 10.9. The Morgan fingerprint density at radius 2 is 2.00 bits per heavy atom. The molecule has 2 heteroatoms. The van der Waals surface area contributed by atoms with Gasteiger partial charge in [-0.25, -0.2) is 0 Å². The second kappa shape index (κ2) is 4.73. The van der Waals surface area contributed by atoms with Crippen molar-refractivity contribution in [1.82, 2.24) is 0 Å². The molecule has 11 heavy (non-hydrogen) atoms. The minimum atomic E-state index is -0.475. The third kappa shape index (κ3) is 4.38. The lowest BCUT2D eigenvalue weighted by Crippen LogP contribution is -2.36. The van der Waals surface area contributed by atoms with E-state index in [-0.39, 0.29) is 6.10 Å². The molecular formula is C9H20O2. The van der Waals surface area contributed by atoms with Gasteiger partial charge in [0, 0.05) is 13.0 Å². The van der Waals surface area contributed by atoms with E-state index in [1.54, 1.807) is 0 Å². The van der Waals surface area contributed by atoms with E-state index < -0.39 is 5.60 Å². The minimum Gasteiger partial charge on any atom is -0.390 e. The lowest BCUT2D eigenvalue weighted by molar-refractivity contribution is -0.0865. The van der Waals surface area contributed by atoms with Crippen molar-refractivity contribution in [2.24, 2.45) is 0 Å². The van der Waals surface area contributed by atoms with Gasteiger partial charge < -0.3 is 9.84 Å². The number of hydrogen-bond donors (Lipinski definition) is 1. The van der Waals surface area contributed by atoms with E-state index in [9.17, 15) is 5.11 Å². The van der Waals surface area contributed by atoms with Gasteiger partial charge in [-0.15, -0.1) is 0 Å². The molecule has 2 nitrogen and oxygen atoms in total. The zero-order chi connectivity index (χ0) is 8.91. The molecule has 68 valence electrons. The van der Waals surface area contributed by atoms with E-state index in [0.29, 0.717) is 6.61 Å². The van der Waals surface area contributed by atoms with E-state index >= 15 is 0 Å². The summed E-state index contributed by atoms with van der Waals surface area (Å²) < 4.78 is 5.25. The molecule has 1 heterocycles. The summed E-state index contributed by atoms with van der Waals surface area (Å²) in [5.74, 6) is 0. The highest BCUT2D eigenvalue weighted by molar-refractivity contribution is 4.78. The molecule has 1 rings (SSSR count). The predicted molar refractivity (Wildman–Crippen MR) is 46.6 cm³/mol. The molecule has 2 atom stereocenters. The average Bonchev–Trinajstić information content (AvgIpc) is 1.89. The lowest BCUT2D eigenvalue weighted by atomic mass is 9.93. The maximum absolute atomic E-state index is 9.46. The van der Waals surface area contributed by atoms with Crippen LogP contribution in [0, 0.1) is 0 Å². The van der Waals surface area contributed by atoms with Crippen molar-refractivity contribution in [1.29, 1.82) is 0 Å². The third-order valence-corrected chi connectivity index (χ3v) is 1.77. The molecule has 0 saturated carbocycles. The van der Waals surface area contributed by atoms with Crippen molar-refractivity contribution in [2.75, 3.05) is 6.61 Å². The summed E-state index contributed by atoms with van der Waals surface area (Å²) in [5.41, 5.74) is -0.475. The molecule has 0 aromatic rings. The minimum absolute atomic E-state index is 0.230. The zero-order valence-corrected chi connectivity index (χ0v) is 8.05. The lowest BCUT2D eigenvalue weighted by Gasteiger charge is -2.32. The van der Waals surface area contributed by atoms with E-state index in [1.165, 1.54) is 0 Å². The van der Waals surface area contributed by atoms with Gasteiger partial charge in [0.2, 0.25) is 0 Å². The van der Waals surface area contributed by atoms with Crippen LogP contribution < -0.4 is 0 Å². The SMILES string of the molecule is CC.CC1CC(C)(O)CCO1. The highest BCUT2D eigenvalue weighted by Crippen LogP contribution is 2.23. The van der Waals surface area contributed by atoms with Gasteiger partial charge in [0.15, 0.2) is 0 Å². The van der Waals surface area contributed by atoms with Crippen molar-refractivity contribution in [3.63, 3.8) is 0 Å². The Kier molecular flexibility index (Phi) is 4.69. The monoisotopic (exact) mass is 160 g/mol. The number of ether oxygens (including phenoxy) is 1. The molecule has 0 spiro atoms. The Labute approximate surface area is 69.6 Å². The van der Waals surface area contributed by atoms with Crippen molar-refractivity contribution in [2.45, 2.75) is 52.2 Å². The Balaban J connectivity index is 0.000000461. The fraction of sp³-hybridized carbons (Fsp3) is 1.00. The largest absolute Gasteiger partial charge is 0.390 e. The summed E-state index contributed by atoms with van der Waals surface area (Å²) in [6.07, 6.45) is 1.78. The Morgan fingerprint density at radius 3 is 2.27 bits per heavy atom. The summed E-state index contributed by atoms with van der Waals surface area (Å²) >= 11 is 0. The van der Waals surface area contributed by atoms with Crippen molar-refractivity contribution >= 4 is 0 Å². The second-order valence-corrected chi connectivity index (χ2v) is 3.13. The Hall–Kier alpha value is -0.0800. The van der Waals surface area contributed by atoms with Gasteiger partial charge in [0.25, 0.3) is 0 Å². The van der Waals surface area contributed by atoms with Gasteiger partial charge >= 0.3 is 0 Å². The van der Waals surface area contributed by atoms with Crippen LogP contribution in [0.5, 0.6) is 0 Å². The quantitative estimate of drug-likeness (QED) is 0.587. The molecule has 0 amide bonds. The van der Waals surface area contributed by atoms with E-state index in [1.807, 2.05) is 27.7 Å². The van der Waals surface area contributed by atoms with Gasteiger partial charge in [-0.1, -0.05) is 13.8 Å². The molecule has 0 bridgehead atoms. The van der Waals surface area contributed by atoms with Crippen LogP contribution in [-0.2, 0) is 4.74 Å². The van der Waals surface area contributed by atoms with Crippen LogP contribution in [0.2, 0.25) is 0 Å². The molecule has 1 N–H and O–H groups in total. The van der Waals surface area contributed by atoms with Crippen LogP contribution in [0.4, 0.5) is 0 Å². The first-order chi connectivity index (χ1) is 5.10. The smallest absolute Gasteiger partial charge is 0.0666 e. The van der Waals surface area contributed by atoms with E-state index in [0.717, 1.165) is 12.8 Å². The molecule has 1 aliphatic heterocycles. The number of hydrogen-bond acceptors (Lipinski definition) is 2.